The Kier molecular flexibility index (Phi) is 7.84. The van der Waals surface area contributed by atoms with E-state index in [1.807, 2.05) is 0 Å². The van der Waals surface area contributed by atoms with Crippen molar-refractivity contribution in [1.82, 2.24) is 0 Å². The first kappa shape index (κ1) is 13.3. The molecule has 0 aliphatic rings. The first-order valence-corrected chi connectivity index (χ1v) is 6.17. The molecule has 0 amide bonds. The zero-order chi connectivity index (χ0) is 10.3. The van der Waals surface area contributed by atoms with Gasteiger partial charge in [0.15, 0.2) is 0 Å². The molecule has 0 nitrogen and oxygen atoms in total. The molecule has 0 heterocycles. The van der Waals surface area contributed by atoms with E-state index in [9.17, 15) is 0 Å². The summed E-state index contributed by atoms with van der Waals surface area (Å²) >= 11 is 5.66. The molecule has 0 aliphatic carbocycles. The van der Waals surface area contributed by atoms with Crippen molar-refractivity contribution in [2.75, 3.05) is 5.88 Å². The van der Waals surface area contributed by atoms with Crippen LogP contribution in [0.1, 0.15) is 53.4 Å². The third kappa shape index (κ3) is 7.37. The Morgan fingerprint density at radius 3 is 2.00 bits per heavy atom. The third-order valence-electron chi connectivity index (χ3n) is 3.08. The number of hydrogen-bond acceptors (Lipinski definition) is 0. The highest BCUT2D eigenvalue weighted by molar-refractivity contribution is 6.17. The van der Waals surface area contributed by atoms with E-state index in [2.05, 4.69) is 27.7 Å². The van der Waals surface area contributed by atoms with E-state index in [0.29, 0.717) is 0 Å². The standard InChI is InChI=1S/C12H25Cl/c1-10(2)12(4)8-7-11(3)6-5-9-13/h10-12H,5-9H2,1-4H3. The van der Waals surface area contributed by atoms with Crippen LogP contribution in [0.3, 0.4) is 0 Å². The highest BCUT2D eigenvalue weighted by atomic mass is 35.5. The number of alkyl halides is 1. The lowest BCUT2D eigenvalue weighted by Gasteiger charge is -2.17. The van der Waals surface area contributed by atoms with E-state index in [-0.39, 0.29) is 0 Å². The van der Waals surface area contributed by atoms with Crippen LogP contribution in [0.5, 0.6) is 0 Å². The van der Waals surface area contributed by atoms with Crippen LogP contribution in [-0.2, 0) is 0 Å². The molecular weight excluding hydrogens is 180 g/mol. The predicted molar refractivity (Wildman–Crippen MR) is 62.4 cm³/mol. The Morgan fingerprint density at radius 1 is 0.923 bits per heavy atom. The summed E-state index contributed by atoms with van der Waals surface area (Å²) < 4.78 is 0. The normalized spacial score (nSPS) is 16.2. The van der Waals surface area contributed by atoms with Crippen molar-refractivity contribution in [3.05, 3.63) is 0 Å². The second kappa shape index (κ2) is 7.67. The summed E-state index contributed by atoms with van der Waals surface area (Å²) in [5, 5.41) is 0. The maximum Gasteiger partial charge on any atom is 0.0223 e. The fourth-order valence-electron chi connectivity index (χ4n) is 1.45. The van der Waals surface area contributed by atoms with Crippen LogP contribution >= 0.6 is 11.6 Å². The van der Waals surface area contributed by atoms with Gasteiger partial charge >= 0.3 is 0 Å². The smallest absolute Gasteiger partial charge is 0.0223 e. The van der Waals surface area contributed by atoms with Gasteiger partial charge in [0.25, 0.3) is 0 Å². The third-order valence-corrected chi connectivity index (χ3v) is 3.35. The van der Waals surface area contributed by atoms with Gasteiger partial charge in [0.05, 0.1) is 0 Å². The molecule has 0 N–H and O–H groups in total. The zero-order valence-corrected chi connectivity index (χ0v) is 10.4. The fraction of sp³-hybridized carbons (Fsp3) is 1.00. The zero-order valence-electron chi connectivity index (χ0n) is 9.65. The minimum absolute atomic E-state index is 0.823. The quantitative estimate of drug-likeness (QED) is 0.527. The van der Waals surface area contributed by atoms with Crippen LogP contribution in [0.2, 0.25) is 0 Å². The van der Waals surface area contributed by atoms with Crippen LogP contribution in [-0.4, -0.2) is 5.88 Å². The molecule has 80 valence electrons. The van der Waals surface area contributed by atoms with Gasteiger partial charge in [-0.05, 0) is 30.6 Å². The molecular formula is C12H25Cl. The SMILES string of the molecule is CC(CCCCl)CCC(C)C(C)C. The van der Waals surface area contributed by atoms with Gasteiger partial charge in [0, 0.05) is 5.88 Å². The van der Waals surface area contributed by atoms with E-state index < -0.39 is 0 Å². The van der Waals surface area contributed by atoms with Crippen molar-refractivity contribution >= 4 is 11.6 Å². The van der Waals surface area contributed by atoms with E-state index in [4.69, 9.17) is 11.6 Å². The second-order valence-electron chi connectivity index (χ2n) is 4.74. The molecule has 0 spiro atoms. The molecule has 13 heavy (non-hydrogen) atoms. The Morgan fingerprint density at radius 2 is 1.54 bits per heavy atom. The van der Waals surface area contributed by atoms with E-state index >= 15 is 0 Å². The average Bonchev–Trinajstić information content (AvgIpc) is 2.10. The minimum atomic E-state index is 0.823. The summed E-state index contributed by atoms with van der Waals surface area (Å²) in [6.07, 6.45) is 5.23. The minimum Gasteiger partial charge on any atom is -0.127 e. The van der Waals surface area contributed by atoms with Crippen LogP contribution in [0.15, 0.2) is 0 Å². The molecule has 0 saturated carbocycles. The number of hydrogen-bond donors (Lipinski definition) is 0. The van der Waals surface area contributed by atoms with Crippen LogP contribution < -0.4 is 0 Å². The lowest BCUT2D eigenvalue weighted by atomic mass is 9.89. The molecule has 0 rings (SSSR count). The van der Waals surface area contributed by atoms with Gasteiger partial charge in [0.1, 0.15) is 0 Å². The van der Waals surface area contributed by atoms with Crippen LogP contribution in [0, 0.1) is 17.8 Å². The van der Waals surface area contributed by atoms with Crippen LogP contribution in [0.4, 0.5) is 0 Å². The predicted octanol–water partition coefficient (Wildman–Crippen LogP) is 4.71. The topological polar surface area (TPSA) is 0 Å². The van der Waals surface area contributed by atoms with Crippen molar-refractivity contribution in [3.8, 4) is 0 Å². The lowest BCUT2D eigenvalue weighted by Crippen LogP contribution is -2.06. The highest BCUT2D eigenvalue weighted by Gasteiger charge is 2.09. The molecule has 0 saturated heterocycles. The van der Waals surface area contributed by atoms with Crippen LogP contribution in [0.25, 0.3) is 0 Å². The summed E-state index contributed by atoms with van der Waals surface area (Å²) in [6.45, 7) is 9.33. The highest BCUT2D eigenvalue weighted by Crippen LogP contribution is 2.21. The summed E-state index contributed by atoms with van der Waals surface area (Å²) in [5.74, 6) is 3.39. The molecule has 2 atom stereocenters. The van der Waals surface area contributed by atoms with Crippen molar-refractivity contribution in [2.45, 2.75) is 53.4 Å². The van der Waals surface area contributed by atoms with E-state index in [1.165, 1.54) is 25.7 Å². The van der Waals surface area contributed by atoms with Gasteiger partial charge in [-0.2, -0.15) is 0 Å². The molecule has 0 fully saturated rings. The summed E-state index contributed by atoms with van der Waals surface area (Å²) in [7, 11) is 0. The Labute approximate surface area is 89.1 Å². The summed E-state index contributed by atoms with van der Waals surface area (Å²) in [6, 6.07) is 0. The first-order valence-electron chi connectivity index (χ1n) is 5.63. The van der Waals surface area contributed by atoms with Crippen molar-refractivity contribution < 1.29 is 0 Å². The van der Waals surface area contributed by atoms with E-state index in [1.54, 1.807) is 0 Å². The Balaban J connectivity index is 3.40. The molecule has 0 aliphatic heterocycles. The van der Waals surface area contributed by atoms with Gasteiger partial charge in [-0.15, -0.1) is 11.6 Å². The molecule has 0 aromatic heterocycles. The first-order chi connectivity index (χ1) is 6.07. The molecule has 0 radical (unpaired) electrons. The Bertz CT molecular complexity index is 110. The monoisotopic (exact) mass is 204 g/mol. The second-order valence-corrected chi connectivity index (χ2v) is 5.11. The molecule has 0 aromatic carbocycles. The van der Waals surface area contributed by atoms with Gasteiger partial charge < -0.3 is 0 Å². The van der Waals surface area contributed by atoms with Crippen molar-refractivity contribution in [3.63, 3.8) is 0 Å². The lowest BCUT2D eigenvalue weighted by molar-refractivity contribution is 0.343. The van der Waals surface area contributed by atoms with E-state index in [0.717, 1.165) is 23.6 Å². The number of halogens is 1. The molecule has 0 bridgehead atoms. The largest absolute Gasteiger partial charge is 0.127 e. The Hall–Kier alpha value is 0.290. The average molecular weight is 205 g/mol. The molecule has 0 aromatic rings. The molecule has 2 unspecified atom stereocenters. The van der Waals surface area contributed by atoms with Gasteiger partial charge in [0.2, 0.25) is 0 Å². The number of rotatable bonds is 7. The van der Waals surface area contributed by atoms with Crippen molar-refractivity contribution in [1.29, 1.82) is 0 Å². The summed E-state index contributed by atoms with van der Waals surface area (Å²) in [5.41, 5.74) is 0. The summed E-state index contributed by atoms with van der Waals surface area (Å²) in [4.78, 5) is 0. The van der Waals surface area contributed by atoms with Gasteiger partial charge in [-0.25, -0.2) is 0 Å². The maximum absolute atomic E-state index is 5.66. The fourth-order valence-corrected chi connectivity index (χ4v) is 1.60. The van der Waals surface area contributed by atoms with Gasteiger partial charge in [-0.3, -0.25) is 0 Å². The maximum atomic E-state index is 5.66. The molecule has 1 heteroatoms. The van der Waals surface area contributed by atoms with Gasteiger partial charge in [-0.1, -0.05) is 40.5 Å². The van der Waals surface area contributed by atoms with Crippen molar-refractivity contribution in [2.24, 2.45) is 17.8 Å².